The highest BCUT2D eigenvalue weighted by atomic mass is 35.5. The van der Waals surface area contributed by atoms with Gasteiger partial charge in [0.1, 0.15) is 0 Å². The Hall–Kier alpha value is -1.31. The monoisotopic (exact) mass is 260 g/mol. The standard InChI is InChI=1S/C16H17ClO/c17-12-11-16(15-9-5-2-6-10-15)18-13-14-7-3-1-4-8-14/h1-10,16H,11-13H2/t16-/m0/s1. The topological polar surface area (TPSA) is 9.23 Å². The largest absolute Gasteiger partial charge is 0.369 e. The lowest BCUT2D eigenvalue weighted by Crippen LogP contribution is -2.05. The van der Waals surface area contributed by atoms with Crippen molar-refractivity contribution in [3.05, 3.63) is 71.8 Å². The van der Waals surface area contributed by atoms with Gasteiger partial charge in [0.2, 0.25) is 0 Å². The minimum Gasteiger partial charge on any atom is -0.369 e. The maximum atomic E-state index is 5.97. The van der Waals surface area contributed by atoms with Gasteiger partial charge in [0.05, 0.1) is 12.7 Å². The second-order valence-corrected chi connectivity index (χ2v) is 4.55. The first-order valence-electron chi connectivity index (χ1n) is 6.16. The van der Waals surface area contributed by atoms with E-state index in [1.165, 1.54) is 11.1 Å². The minimum atomic E-state index is 0.0731. The molecule has 0 aliphatic carbocycles. The van der Waals surface area contributed by atoms with Gasteiger partial charge in [-0.25, -0.2) is 0 Å². The molecule has 0 aromatic heterocycles. The molecule has 0 radical (unpaired) electrons. The van der Waals surface area contributed by atoms with Gasteiger partial charge in [-0.15, -0.1) is 11.6 Å². The molecule has 0 aliphatic rings. The average molecular weight is 261 g/mol. The van der Waals surface area contributed by atoms with Crippen LogP contribution in [0.4, 0.5) is 0 Å². The SMILES string of the molecule is ClCC[C@H](OCc1ccccc1)c1ccccc1. The van der Waals surface area contributed by atoms with E-state index >= 15 is 0 Å². The zero-order chi connectivity index (χ0) is 12.6. The third-order valence-corrected chi connectivity index (χ3v) is 3.05. The molecule has 94 valence electrons. The van der Waals surface area contributed by atoms with Crippen LogP contribution in [0, 0.1) is 0 Å². The zero-order valence-corrected chi connectivity index (χ0v) is 11.0. The maximum absolute atomic E-state index is 5.97. The summed E-state index contributed by atoms with van der Waals surface area (Å²) in [6, 6.07) is 20.5. The highest BCUT2D eigenvalue weighted by molar-refractivity contribution is 6.17. The highest BCUT2D eigenvalue weighted by Crippen LogP contribution is 2.23. The lowest BCUT2D eigenvalue weighted by atomic mass is 10.1. The Balaban J connectivity index is 1.99. The molecule has 0 aliphatic heterocycles. The molecule has 2 aromatic carbocycles. The Morgan fingerprint density at radius 1 is 0.889 bits per heavy atom. The van der Waals surface area contributed by atoms with Crippen LogP contribution in [0.25, 0.3) is 0 Å². The molecule has 0 bridgehead atoms. The van der Waals surface area contributed by atoms with E-state index in [4.69, 9.17) is 16.3 Å². The summed E-state index contributed by atoms with van der Waals surface area (Å²) in [7, 11) is 0. The van der Waals surface area contributed by atoms with Crippen LogP contribution < -0.4 is 0 Å². The Bertz CT molecular complexity index is 441. The van der Waals surface area contributed by atoms with E-state index in [1.54, 1.807) is 0 Å². The van der Waals surface area contributed by atoms with Gasteiger partial charge in [0.25, 0.3) is 0 Å². The van der Waals surface area contributed by atoms with Crippen molar-refractivity contribution in [1.82, 2.24) is 0 Å². The predicted molar refractivity (Wildman–Crippen MR) is 75.8 cm³/mol. The average Bonchev–Trinajstić information content (AvgIpc) is 2.45. The second-order valence-electron chi connectivity index (χ2n) is 4.17. The van der Waals surface area contributed by atoms with Crippen LogP contribution in [0.1, 0.15) is 23.7 Å². The number of hydrogen-bond donors (Lipinski definition) is 0. The Morgan fingerprint density at radius 2 is 1.50 bits per heavy atom. The molecule has 0 unspecified atom stereocenters. The van der Waals surface area contributed by atoms with Gasteiger partial charge in [-0.2, -0.15) is 0 Å². The van der Waals surface area contributed by atoms with E-state index in [0.29, 0.717) is 12.5 Å². The van der Waals surface area contributed by atoms with Crippen LogP contribution in [0.15, 0.2) is 60.7 Å². The normalized spacial score (nSPS) is 12.3. The van der Waals surface area contributed by atoms with Crippen molar-refractivity contribution in [3.8, 4) is 0 Å². The molecule has 1 atom stereocenters. The summed E-state index contributed by atoms with van der Waals surface area (Å²) in [6.45, 7) is 0.622. The van der Waals surface area contributed by atoms with Crippen LogP contribution in [0.2, 0.25) is 0 Å². The molecule has 0 N–H and O–H groups in total. The molecule has 2 aromatic rings. The molecule has 0 saturated carbocycles. The Labute approximate surface area is 113 Å². The lowest BCUT2D eigenvalue weighted by Gasteiger charge is -2.17. The molecule has 2 heteroatoms. The fourth-order valence-electron chi connectivity index (χ4n) is 1.88. The molecule has 2 rings (SSSR count). The van der Waals surface area contributed by atoms with E-state index < -0.39 is 0 Å². The number of ether oxygens (including phenoxy) is 1. The third-order valence-electron chi connectivity index (χ3n) is 2.84. The Morgan fingerprint density at radius 3 is 2.11 bits per heavy atom. The number of benzene rings is 2. The van der Waals surface area contributed by atoms with Gasteiger partial charge in [0, 0.05) is 5.88 Å². The summed E-state index contributed by atoms with van der Waals surface area (Å²) in [5.74, 6) is 0.606. The van der Waals surface area contributed by atoms with Crippen LogP contribution >= 0.6 is 11.6 Å². The van der Waals surface area contributed by atoms with Gasteiger partial charge >= 0.3 is 0 Å². The summed E-state index contributed by atoms with van der Waals surface area (Å²) in [6.07, 6.45) is 0.905. The maximum Gasteiger partial charge on any atom is 0.0840 e. The fourth-order valence-corrected chi connectivity index (χ4v) is 2.08. The summed E-state index contributed by atoms with van der Waals surface area (Å²) < 4.78 is 5.97. The first kappa shape index (κ1) is 13.1. The first-order valence-corrected chi connectivity index (χ1v) is 6.70. The molecule has 0 saturated heterocycles. The van der Waals surface area contributed by atoms with Crippen LogP contribution in [-0.4, -0.2) is 5.88 Å². The number of rotatable bonds is 6. The summed E-state index contributed by atoms with van der Waals surface area (Å²) >= 11 is 5.85. The van der Waals surface area contributed by atoms with Gasteiger partial charge < -0.3 is 4.74 Å². The van der Waals surface area contributed by atoms with Gasteiger partial charge in [-0.05, 0) is 17.5 Å². The highest BCUT2D eigenvalue weighted by Gasteiger charge is 2.10. The molecule has 0 spiro atoms. The van der Waals surface area contributed by atoms with E-state index in [2.05, 4.69) is 24.3 Å². The molecule has 0 amide bonds. The van der Waals surface area contributed by atoms with Crippen LogP contribution in [0.3, 0.4) is 0 Å². The zero-order valence-electron chi connectivity index (χ0n) is 10.3. The molecule has 1 nitrogen and oxygen atoms in total. The van der Waals surface area contributed by atoms with Crippen molar-refractivity contribution in [1.29, 1.82) is 0 Å². The smallest absolute Gasteiger partial charge is 0.0840 e. The van der Waals surface area contributed by atoms with Crippen molar-refractivity contribution < 1.29 is 4.74 Å². The van der Waals surface area contributed by atoms with Crippen molar-refractivity contribution in [2.24, 2.45) is 0 Å². The van der Waals surface area contributed by atoms with E-state index in [1.807, 2.05) is 36.4 Å². The van der Waals surface area contributed by atoms with Crippen molar-refractivity contribution in [3.63, 3.8) is 0 Å². The molecule has 0 heterocycles. The van der Waals surface area contributed by atoms with Crippen molar-refractivity contribution in [2.45, 2.75) is 19.1 Å². The van der Waals surface area contributed by atoms with Crippen molar-refractivity contribution >= 4 is 11.6 Å². The van der Waals surface area contributed by atoms with Crippen LogP contribution in [0.5, 0.6) is 0 Å². The number of alkyl halides is 1. The summed E-state index contributed by atoms with van der Waals surface area (Å²) in [4.78, 5) is 0. The first-order chi connectivity index (χ1) is 8.90. The summed E-state index contributed by atoms with van der Waals surface area (Å²) in [5.41, 5.74) is 2.38. The van der Waals surface area contributed by atoms with E-state index in [9.17, 15) is 0 Å². The molecule has 0 fully saturated rings. The minimum absolute atomic E-state index is 0.0731. The lowest BCUT2D eigenvalue weighted by molar-refractivity contribution is 0.0377. The number of halogens is 1. The second kappa shape index (κ2) is 7.20. The van der Waals surface area contributed by atoms with Crippen molar-refractivity contribution in [2.75, 3.05) is 5.88 Å². The number of hydrogen-bond acceptors (Lipinski definition) is 1. The van der Waals surface area contributed by atoms with Gasteiger partial charge in [-0.3, -0.25) is 0 Å². The fraction of sp³-hybridized carbons (Fsp3) is 0.250. The quantitative estimate of drug-likeness (QED) is 0.691. The Kier molecular flexibility index (Phi) is 5.25. The van der Waals surface area contributed by atoms with E-state index in [0.717, 1.165) is 6.42 Å². The third kappa shape index (κ3) is 3.86. The van der Waals surface area contributed by atoms with Gasteiger partial charge in [-0.1, -0.05) is 60.7 Å². The van der Waals surface area contributed by atoms with Crippen LogP contribution in [-0.2, 0) is 11.3 Å². The van der Waals surface area contributed by atoms with Gasteiger partial charge in [0.15, 0.2) is 0 Å². The predicted octanol–water partition coefficient (Wildman–Crippen LogP) is 4.57. The molecule has 18 heavy (non-hydrogen) atoms. The summed E-state index contributed by atoms with van der Waals surface area (Å²) in [5, 5.41) is 0. The van der Waals surface area contributed by atoms with E-state index in [-0.39, 0.29) is 6.10 Å². The molecular formula is C16H17ClO. The molecular weight excluding hydrogens is 244 g/mol.